The van der Waals surface area contributed by atoms with Gasteiger partial charge in [-0.15, -0.1) is 0 Å². The largest absolute Gasteiger partial charge is 0.480 e. The molecular weight excluding hydrogens is 348 g/mol. The summed E-state index contributed by atoms with van der Waals surface area (Å²) in [5, 5.41) is 11.9. The first-order chi connectivity index (χ1) is 12.5. The Bertz CT molecular complexity index is 723. The molecule has 148 valence electrons. The molecule has 0 saturated heterocycles. The fourth-order valence-corrected chi connectivity index (χ4v) is 3.03. The number of hydrogen-bond donors (Lipinski definition) is 2. The molecule has 7 nitrogen and oxygen atoms in total. The second-order valence-corrected chi connectivity index (χ2v) is 8.17. The van der Waals surface area contributed by atoms with Gasteiger partial charge in [0.25, 0.3) is 0 Å². The molecule has 1 aromatic carbocycles. The molecule has 0 spiro atoms. The first-order valence-corrected chi connectivity index (χ1v) is 9.09. The van der Waals surface area contributed by atoms with E-state index in [0.29, 0.717) is 6.42 Å². The van der Waals surface area contributed by atoms with Crippen LogP contribution in [0, 0.1) is 5.92 Å². The highest BCUT2D eigenvalue weighted by Gasteiger charge is 2.38. The number of carbonyl (C=O) groups excluding carboxylic acids is 2. The molecule has 0 unspecified atom stereocenters. The third-order valence-electron chi connectivity index (χ3n) is 4.41. The summed E-state index contributed by atoms with van der Waals surface area (Å²) in [5.74, 6) is -1.87. The number of rotatable bonds is 4. The van der Waals surface area contributed by atoms with Crippen molar-refractivity contribution >= 4 is 18.0 Å². The highest BCUT2D eigenvalue weighted by Crippen LogP contribution is 2.25. The second kappa shape index (κ2) is 7.98. The van der Waals surface area contributed by atoms with Crippen LogP contribution in [0.25, 0.3) is 0 Å². The zero-order chi connectivity index (χ0) is 20.4. The standard InChI is InChI=1S/C20H28N2O5/c1-12(2)16(18(24)25)21-17(23)15-10-13-8-6-7-9-14(13)11-22(15)19(26)27-20(3,4)5/h6-9,12,15-16H,10-11H2,1-5H3,(H,21,23)(H,24,25)/t15-,16-/m0/s1. The van der Waals surface area contributed by atoms with Gasteiger partial charge in [0.15, 0.2) is 0 Å². The van der Waals surface area contributed by atoms with Crippen LogP contribution < -0.4 is 5.32 Å². The minimum Gasteiger partial charge on any atom is -0.480 e. The van der Waals surface area contributed by atoms with Gasteiger partial charge in [0, 0.05) is 6.42 Å². The van der Waals surface area contributed by atoms with Crippen molar-refractivity contribution in [1.82, 2.24) is 10.2 Å². The number of carboxylic acids is 1. The monoisotopic (exact) mass is 376 g/mol. The summed E-state index contributed by atoms with van der Waals surface area (Å²) < 4.78 is 5.46. The predicted molar refractivity (Wildman–Crippen MR) is 100 cm³/mol. The van der Waals surface area contributed by atoms with Crippen molar-refractivity contribution in [3.8, 4) is 0 Å². The number of aliphatic carboxylic acids is 1. The number of carboxylic acid groups (broad SMARTS) is 1. The molecule has 0 fully saturated rings. The van der Waals surface area contributed by atoms with Gasteiger partial charge in [-0.05, 0) is 37.8 Å². The summed E-state index contributed by atoms with van der Waals surface area (Å²) in [7, 11) is 0. The topological polar surface area (TPSA) is 95.9 Å². The SMILES string of the molecule is CC(C)[C@H](NC(=O)[C@@H]1Cc2ccccc2CN1C(=O)OC(C)(C)C)C(=O)O. The summed E-state index contributed by atoms with van der Waals surface area (Å²) in [5.41, 5.74) is 1.22. The molecule has 27 heavy (non-hydrogen) atoms. The van der Waals surface area contributed by atoms with E-state index in [1.165, 1.54) is 4.90 Å². The molecule has 1 heterocycles. The van der Waals surface area contributed by atoms with Crippen LogP contribution in [0.1, 0.15) is 45.7 Å². The molecule has 1 aromatic rings. The minimum atomic E-state index is -1.10. The smallest absolute Gasteiger partial charge is 0.411 e. The van der Waals surface area contributed by atoms with E-state index in [1.807, 2.05) is 24.3 Å². The van der Waals surface area contributed by atoms with Crippen molar-refractivity contribution in [2.24, 2.45) is 5.92 Å². The molecule has 2 N–H and O–H groups in total. The van der Waals surface area contributed by atoms with Crippen LogP contribution >= 0.6 is 0 Å². The Labute approximate surface area is 159 Å². The highest BCUT2D eigenvalue weighted by atomic mass is 16.6. The third kappa shape index (κ3) is 5.21. The fourth-order valence-electron chi connectivity index (χ4n) is 3.03. The van der Waals surface area contributed by atoms with E-state index in [1.54, 1.807) is 34.6 Å². The number of hydrogen-bond acceptors (Lipinski definition) is 4. The van der Waals surface area contributed by atoms with Gasteiger partial charge in [-0.2, -0.15) is 0 Å². The number of benzene rings is 1. The van der Waals surface area contributed by atoms with E-state index in [9.17, 15) is 19.5 Å². The number of nitrogens with one attached hydrogen (secondary N) is 1. The average Bonchev–Trinajstić information content (AvgIpc) is 2.56. The Morgan fingerprint density at radius 2 is 1.78 bits per heavy atom. The van der Waals surface area contributed by atoms with Crippen LogP contribution in [-0.2, 0) is 27.3 Å². The number of nitrogens with zero attached hydrogens (tertiary/aromatic N) is 1. The molecule has 2 rings (SSSR count). The molecule has 0 aromatic heterocycles. The molecule has 1 aliphatic heterocycles. The van der Waals surface area contributed by atoms with E-state index >= 15 is 0 Å². The van der Waals surface area contributed by atoms with Gasteiger partial charge >= 0.3 is 12.1 Å². The Morgan fingerprint density at radius 1 is 1.19 bits per heavy atom. The van der Waals surface area contributed by atoms with Crippen LogP contribution in [0.3, 0.4) is 0 Å². The quantitative estimate of drug-likeness (QED) is 0.842. The maximum Gasteiger partial charge on any atom is 0.411 e. The third-order valence-corrected chi connectivity index (χ3v) is 4.41. The lowest BCUT2D eigenvalue weighted by Gasteiger charge is -2.37. The van der Waals surface area contributed by atoms with E-state index in [4.69, 9.17) is 4.74 Å². The van der Waals surface area contributed by atoms with Crippen molar-refractivity contribution in [2.75, 3.05) is 0 Å². The first kappa shape index (κ1) is 20.7. The van der Waals surface area contributed by atoms with Crippen LogP contribution in [0.15, 0.2) is 24.3 Å². The molecule has 0 bridgehead atoms. The number of amides is 2. The predicted octanol–water partition coefficient (Wildman–Crippen LogP) is 2.57. The van der Waals surface area contributed by atoms with Gasteiger partial charge in [0.1, 0.15) is 17.7 Å². The lowest BCUT2D eigenvalue weighted by molar-refractivity contribution is -0.144. The van der Waals surface area contributed by atoms with Crippen molar-refractivity contribution in [2.45, 2.75) is 65.3 Å². The van der Waals surface area contributed by atoms with Crippen molar-refractivity contribution in [1.29, 1.82) is 0 Å². The molecular formula is C20H28N2O5. The lowest BCUT2D eigenvalue weighted by Crippen LogP contribution is -2.57. The highest BCUT2D eigenvalue weighted by molar-refractivity contribution is 5.90. The molecule has 0 saturated carbocycles. The molecule has 0 radical (unpaired) electrons. The Morgan fingerprint density at radius 3 is 2.30 bits per heavy atom. The maximum absolute atomic E-state index is 12.9. The fraction of sp³-hybridized carbons (Fsp3) is 0.550. The van der Waals surface area contributed by atoms with E-state index in [2.05, 4.69) is 5.32 Å². The van der Waals surface area contributed by atoms with E-state index < -0.39 is 35.7 Å². The zero-order valence-corrected chi connectivity index (χ0v) is 16.5. The van der Waals surface area contributed by atoms with Crippen molar-refractivity contribution < 1.29 is 24.2 Å². The maximum atomic E-state index is 12.9. The molecule has 0 aliphatic carbocycles. The average molecular weight is 376 g/mol. The van der Waals surface area contributed by atoms with Gasteiger partial charge in [0.2, 0.25) is 5.91 Å². The summed E-state index contributed by atoms with van der Waals surface area (Å²) in [6.07, 6.45) is -0.278. The normalized spacial score (nSPS) is 17.9. The van der Waals surface area contributed by atoms with Crippen LogP contribution in [0.5, 0.6) is 0 Å². The molecule has 2 atom stereocenters. The van der Waals surface area contributed by atoms with E-state index in [0.717, 1.165) is 11.1 Å². The Hall–Kier alpha value is -2.57. The van der Waals surface area contributed by atoms with Crippen LogP contribution in [0.2, 0.25) is 0 Å². The summed E-state index contributed by atoms with van der Waals surface area (Å²) in [4.78, 5) is 38.4. The van der Waals surface area contributed by atoms with Gasteiger partial charge in [-0.25, -0.2) is 9.59 Å². The minimum absolute atomic E-state index is 0.239. The molecule has 2 amide bonds. The van der Waals surface area contributed by atoms with Crippen LogP contribution in [0.4, 0.5) is 4.79 Å². The van der Waals surface area contributed by atoms with Gasteiger partial charge < -0.3 is 15.2 Å². The summed E-state index contributed by atoms with van der Waals surface area (Å²) in [6, 6.07) is 5.75. The lowest BCUT2D eigenvalue weighted by atomic mass is 9.93. The summed E-state index contributed by atoms with van der Waals surface area (Å²) >= 11 is 0. The zero-order valence-electron chi connectivity index (χ0n) is 16.5. The Kier molecular flexibility index (Phi) is 6.13. The number of fused-ring (bicyclic) bond motifs is 1. The van der Waals surface area contributed by atoms with Gasteiger partial charge in [-0.1, -0.05) is 38.1 Å². The molecule has 1 aliphatic rings. The number of carbonyl (C=O) groups is 3. The summed E-state index contributed by atoms with van der Waals surface area (Å²) in [6.45, 7) is 8.97. The molecule has 7 heteroatoms. The van der Waals surface area contributed by atoms with Gasteiger partial charge in [0.05, 0.1) is 6.54 Å². The Balaban J connectivity index is 2.29. The van der Waals surface area contributed by atoms with E-state index in [-0.39, 0.29) is 12.5 Å². The van der Waals surface area contributed by atoms with Gasteiger partial charge in [-0.3, -0.25) is 9.69 Å². The van der Waals surface area contributed by atoms with Crippen molar-refractivity contribution in [3.05, 3.63) is 35.4 Å². The van der Waals surface area contributed by atoms with Crippen LogP contribution in [-0.4, -0.2) is 45.7 Å². The first-order valence-electron chi connectivity index (χ1n) is 9.09. The second-order valence-electron chi connectivity index (χ2n) is 8.17. The van der Waals surface area contributed by atoms with Crippen molar-refractivity contribution in [3.63, 3.8) is 0 Å². The number of ether oxygens (including phenoxy) is 1.